The van der Waals surface area contributed by atoms with Gasteiger partial charge in [0.2, 0.25) is 5.91 Å². The zero-order valence-electron chi connectivity index (χ0n) is 15.2. The minimum absolute atomic E-state index is 0.125. The maximum Gasteiger partial charge on any atom is 0.251 e. The molecule has 0 bridgehead atoms. The van der Waals surface area contributed by atoms with Gasteiger partial charge in [0.05, 0.1) is 6.04 Å². The topological polar surface area (TPSA) is 110 Å². The van der Waals surface area contributed by atoms with Gasteiger partial charge in [-0.2, -0.15) is 0 Å². The fourth-order valence-electron chi connectivity index (χ4n) is 2.47. The van der Waals surface area contributed by atoms with Crippen LogP contribution >= 0.6 is 0 Å². The first-order chi connectivity index (χ1) is 12.1. The van der Waals surface area contributed by atoms with Crippen LogP contribution in [0.1, 0.15) is 62.2 Å². The number of nitrogens with one attached hydrogen (secondary N) is 2. The van der Waals surface area contributed by atoms with Crippen molar-refractivity contribution in [2.45, 2.75) is 57.9 Å². The van der Waals surface area contributed by atoms with E-state index >= 15 is 0 Å². The molecule has 140 valence electrons. The average molecular weight is 348 g/mol. The average Bonchev–Trinajstić information content (AvgIpc) is 2.61. The molecule has 6 N–H and O–H groups in total. The third kappa shape index (κ3) is 8.65. The highest BCUT2D eigenvalue weighted by Gasteiger charge is 2.14. The van der Waals surface area contributed by atoms with Gasteiger partial charge in [-0.25, -0.2) is 0 Å². The van der Waals surface area contributed by atoms with E-state index in [0.29, 0.717) is 30.8 Å². The molecule has 0 unspecified atom stereocenters. The van der Waals surface area contributed by atoms with Gasteiger partial charge in [-0.15, -0.1) is 0 Å². The molecule has 1 rings (SSSR count). The van der Waals surface area contributed by atoms with Crippen LogP contribution in [0.5, 0.6) is 0 Å². The summed E-state index contributed by atoms with van der Waals surface area (Å²) >= 11 is 0. The third-order valence-corrected chi connectivity index (χ3v) is 4.01. The normalized spacial score (nSPS) is 11.8. The van der Waals surface area contributed by atoms with Gasteiger partial charge in [0.1, 0.15) is 0 Å². The standard InChI is InChI=1S/C19H32N4O2/c1-2-3-4-7-13-22-18(24)15-9-8-10-16(14-15)23-19(25)17(21)11-5-6-12-20/h8-10,14,17H,2-7,11-13,20-21H2,1H3,(H,22,24)(H,23,25)/t17-/m1/s1. The number of hydrogen-bond donors (Lipinski definition) is 4. The molecule has 6 nitrogen and oxygen atoms in total. The molecule has 0 aromatic heterocycles. The van der Waals surface area contributed by atoms with Crippen molar-refractivity contribution in [1.29, 1.82) is 0 Å². The molecule has 1 aromatic rings. The molecule has 1 atom stereocenters. The summed E-state index contributed by atoms with van der Waals surface area (Å²) in [6, 6.07) is 6.34. The molecule has 0 radical (unpaired) electrons. The molecule has 0 saturated heterocycles. The minimum atomic E-state index is -0.567. The Labute approximate surface area is 150 Å². The number of anilines is 1. The summed E-state index contributed by atoms with van der Waals surface area (Å²) in [7, 11) is 0. The van der Waals surface area contributed by atoms with Crippen molar-refractivity contribution in [2.24, 2.45) is 11.5 Å². The van der Waals surface area contributed by atoms with Crippen LogP contribution in [-0.2, 0) is 4.79 Å². The van der Waals surface area contributed by atoms with Gasteiger partial charge in [-0.3, -0.25) is 9.59 Å². The number of carbonyl (C=O) groups excluding carboxylic acids is 2. The number of nitrogens with two attached hydrogens (primary N) is 2. The lowest BCUT2D eigenvalue weighted by atomic mass is 10.1. The Morgan fingerprint density at radius 1 is 1.12 bits per heavy atom. The van der Waals surface area contributed by atoms with Crippen molar-refractivity contribution < 1.29 is 9.59 Å². The van der Waals surface area contributed by atoms with Crippen molar-refractivity contribution in [3.8, 4) is 0 Å². The Morgan fingerprint density at radius 3 is 2.64 bits per heavy atom. The second-order valence-electron chi connectivity index (χ2n) is 6.28. The molecule has 25 heavy (non-hydrogen) atoms. The zero-order valence-corrected chi connectivity index (χ0v) is 15.2. The van der Waals surface area contributed by atoms with Crippen LogP contribution in [0.4, 0.5) is 5.69 Å². The molecule has 0 spiro atoms. The molecular weight excluding hydrogens is 316 g/mol. The maximum absolute atomic E-state index is 12.2. The summed E-state index contributed by atoms with van der Waals surface area (Å²) in [5, 5.41) is 5.68. The lowest BCUT2D eigenvalue weighted by molar-refractivity contribution is -0.117. The lowest BCUT2D eigenvalue weighted by Crippen LogP contribution is -2.35. The molecule has 0 aliphatic carbocycles. The molecule has 1 aromatic carbocycles. The van der Waals surface area contributed by atoms with Gasteiger partial charge in [0.25, 0.3) is 5.91 Å². The number of benzene rings is 1. The van der Waals surface area contributed by atoms with E-state index in [2.05, 4.69) is 17.6 Å². The highest BCUT2D eigenvalue weighted by Crippen LogP contribution is 2.12. The van der Waals surface area contributed by atoms with Gasteiger partial charge < -0.3 is 22.1 Å². The van der Waals surface area contributed by atoms with E-state index in [4.69, 9.17) is 11.5 Å². The Hall–Kier alpha value is -1.92. The van der Waals surface area contributed by atoms with Gasteiger partial charge in [-0.1, -0.05) is 38.7 Å². The predicted molar refractivity (Wildman–Crippen MR) is 102 cm³/mol. The first kappa shape index (κ1) is 21.1. The van der Waals surface area contributed by atoms with Crippen LogP contribution in [0, 0.1) is 0 Å². The second kappa shape index (κ2) is 12.4. The lowest BCUT2D eigenvalue weighted by Gasteiger charge is -2.13. The van der Waals surface area contributed by atoms with Crippen LogP contribution in [0.25, 0.3) is 0 Å². The molecule has 6 heteroatoms. The Morgan fingerprint density at radius 2 is 1.92 bits per heavy atom. The summed E-state index contributed by atoms with van der Waals surface area (Å²) in [4.78, 5) is 24.3. The second-order valence-corrected chi connectivity index (χ2v) is 6.28. The Balaban J connectivity index is 2.48. The fraction of sp³-hybridized carbons (Fsp3) is 0.579. The highest BCUT2D eigenvalue weighted by atomic mass is 16.2. The van der Waals surface area contributed by atoms with Gasteiger partial charge in [0, 0.05) is 17.8 Å². The molecule has 0 heterocycles. The summed E-state index contributed by atoms with van der Waals surface area (Å²) < 4.78 is 0. The monoisotopic (exact) mass is 348 g/mol. The number of hydrogen-bond acceptors (Lipinski definition) is 4. The number of amides is 2. The molecule has 0 aliphatic rings. The number of rotatable bonds is 12. The smallest absolute Gasteiger partial charge is 0.251 e. The van der Waals surface area contributed by atoms with E-state index in [9.17, 15) is 9.59 Å². The SMILES string of the molecule is CCCCCCNC(=O)c1cccc(NC(=O)[C@H](N)CCCCN)c1. The molecular formula is C19H32N4O2. The van der Waals surface area contributed by atoms with Crippen molar-refractivity contribution in [1.82, 2.24) is 5.32 Å². The van der Waals surface area contributed by atoms with E-state index in [1.165, 1.54) is 12.8 Å². The predicted octanol–water partition coefficient (Wildman–Crippen LogP) is 2.39. The van der Waals surface area contributed by atoms with Gasteiger partial charge in [-0.05, 0) is 44.0 Å². The van der Waals surface area contributed by atoms with E-state index in [0.717, 1.165) is 25.7 Å². The quantitative estimate of drug-likeness (QED) is 0.435. The van der Waals surface area contributed by atoms with E-state index < -0.39 is 6.04 Å². The Kier molecular flexibility index (Phi) is 10.5. The third-order valence-electron chi connectivity index (χ3n) is 4.01. The van der Waals surface area contributed by atoms with E-state index in [1.54, 1.807) is 24.3 Å². The van der Waals surface area contributed by atoms with Crippen molar-refractivity contribution in [2.75, 3.05) is 18.4 Å². The minimum Gasteiger partial charge on any atom is -0.352 e. The van der Waals surface area contributed by atoms with E-state index in [-0.39, 0.29) is 11.8 Å². The van der Waals surface area contributed by atoms with Crippen LogP contribution in [0.15, 0.2) is 24.3 Å². The van der Waals surface area contributed by atoms with Crippen LogP contribution in [0.2, 0.25) is 0 Å². The van der Waals surface area contributed by atoms with Gasteiger partial charge >= 0.3 is 0 Å². The zero-order chi connectivity index (χ0) is 18.5. The van der Waals surface area contributed by atoms with Crippen LogP contribution in [-0.4, -0.2) is 30.9 Å². The maximum atomic E-state index is 12.2. The van der Waals surface area contributed by atoms with E-state index in [1.807, 2.05) is 0 Å². The Bertz CT molecular complexity index is 534. The summed E-state index contributed by atoms with van der Waals surface area (Å²) in [6.07, 6.45) is 6.73. The van der Waals surface area contributed by atoms with Crippen LogP contribution < -0.4 is 22.1 Å². The fourth-order valence-corrected chi connectivity index (χ4v) is 2.47. The number of carbonyl (C=O) groups is 2. The summed E-state index contributed by atoms with van der Waals surface area (Å²) in [5.74, 6) is -0.367. The summed E-state index contributed by atoms with van der Waals surface area (Å²) in [6.45, 7) is 3.42. The first-order valence-corrected chi connectivity index (χ1v) is 9.23. The van der Waals surface area contributed by atoms with Crippen molar-refractivity contribution in [3.63, 3.8) is 0 Å². The molecule has 0 saturated carbocycles. The largest absolute Gasteiger partial charge is 0.352 e. The van der Waals surface area contributed by atoms with Crippen LogP contribution in [0.3, 0.4) is 0 Å². The molecule has 2 amide bonds. The van der Waals surface area contributed by atoms with Gasteiger partial charge in [0.15, 0.2) is 0 Å². The van der Waals surface area contributed by atoms with Crippen molar-refractivity contribution >= 4 is 17.5 Å². The first-order valence-electron chi connectivity index (χ1n) is 9.23. The molecule has 0 aliphatic heterocycles. The van der Waals surface area contributed by atoms with Crippen molar-refractivity contribution in [3.05, 3.63) is 29.8 Å². The highest BCUT2D eigenvalue weighted by molar-refractivity contribution is 5.98. The number of unbranched alkanes of at least 4 members (excludes halogenated alkanes) is 4. The summed E-state index contributed by atoms with van der Waals surface area (Å²) in [5.41, 5.74) is 12.4. The molecule has 0 fully saturated rings.